The maximum Gasteiger partial charge on any atom is 0.306 e. The Hall–Kier alpha value is -0.790. The first-order valence-corrected chi connectivity index (χ1v) is 6.10. The maximum atomic E-state index is 10.7. The normalized spacial score (nSPS) is 13.2. The summed E-state index contributed by atoms with van der Waals surface area (Å²) in [6.45, 7) is 4.13. The molecule has 0 aromatic carbocycles. The lowest BCUT2D eigenvalue weighted by Gasteiger charge is -2.04. The van der Waals surface area contributed by atoms with Gasteiger partial charge in [-0.2, -0.15) is 0 Å². The van der Waals surface area contributed by atoms with Crippen molar-refractivity contribution in [2.24, 2.45) is 5.92 Å². The Morgan fingerprint density at radius 1 is 1.20 bits per heavy atom. The van der Waals surface area contributed by atoms with Gasteiger partial charge in [0.25, 0.3) is 0 Å². The molecule has 0 aromatic rings. The number of allylic oxidation sites excluding steroid dienone is 2. The summed E-state index contributed by atoms with van der Waals surface area (Å²) in [6.07, 6.45) is 11.7. The van der Waals surface area contributed by atoms with E-state index in [0.29, 0.717) is 6.42 Å². The molecule has 0 aliphatic rings. The van der Waals surface area contributed by atoms with Crippen LogP contribution in [0.4, 0.5) is 0 Å². The topological polar surface area (TPSA) is 37.3 Å². The van der Waals surface area contributed by atoms with Gasteiger partial charge in [-0.1, -0.05) is 45.3 Å². The van der Waals surface area contributed by atoms with Crippen LogP contribution in [0.1, 0.15) is 58.8 Å². The van der Waals surface area contributed by atoms with Gasteiger partial charge in [-0.05, 0) is 25.7 Å². The molecule has 1 atom stereocenters. The van der Waals surface area contributed by atoms with Gasteiger partial charge in [0.1, 0.15) is 0 Å². The van der Waals surface area contributed by atoms with Gasteiger partial charge in [-0.15, -0.1) is 0 Å². The number of carbonyl (C=O) groups is 1. The van der Waals surface area contributed by atoms with Crippen molar-refractivity contribution < 1.29 is 9.90 Å². The van der Waals surface area contributed by atoms with Crippen molar-refractivity contribution in [3.8, 4) is 0 Å². The predicted molar refractivity (Wildman–Crippen MR) is 63.9 cm³/mol. The average Bonchev–Trinajstić information content (AvgIpc) is 2.21. The molecule has 0 saturated carbocycles. The molecule has 0 aliphatic heterocycles. The zero-order valence-electron chi connectivity index (χ0n) is 10.0. The van der Waals surface area contributed by atoms with Crippen molar-refractivity contribution in [2.75, 3.05) is 0 Å². The Morgan fingerprint density at radius 3 is 2.47 bits per heavy atom. The molecule has 0 fully saturated rings. The van der Waals surface area contributed by atoms with Gasteiger partial charge in [0.05, 0.1) is 5.92 Å². The summed E-state index contributed by atoms with van der Waals surface area (Å²) in [5.41, 5.74) is 0. The monoisotopic (exact) mass is 212 g/mol. The van der Waals surface area contributed by atoms with E-state index in [-0.39, 0.29) is 5.92 Å². The Balaban J connectivity index is 3.47. The first-order chi connectivity index (χ1) is 7.22. The van der Waals surface area contributed by atoms with Gasteiger partial charge < -0.3 is 5.11 Å². The molecule has 0 aromatic heterocycles. The van der Waals surface area contributed by atoms with Crippen LogP contribution in [0, 0.1) is 5.92 Å². The summed E-state index contributed by atoms with van der Waals surface area (Å²) in [4.78, 5) is 10.7. The largest absolute Gasteiger partial charge is 0.481 e. The molecule has 1 N–H and O–H groups in total. The van der Waals surface area contributed by atoms with Crippen LogP contribution in [0.3, 0.4) is 0 Å². The molecule has 0 rings (SSSR count). The van der Waals surface area contributed by atoms with Crippen molar-refractivity contribution >= 4 is 5.97 Å². The summed E-state index contributed by atoms with van der Waals surface area (Å²) < 4.78 is 0. The van der Waals surface area contributed by atoms with Crippen molar-refractivity contribution in [2.45, 2.75) is 58.8 Å². The molecular weight excluding hydrogens is 188 g/mol. The molecule has 15 heavy (non-hydrogen) atoms. The summed E-state index contributed by atoms with van der Waals surface area (Å²) in [5, 5.41) is 8.81. The first kappa shape index (κ1) is 14.2. The van der Waals surface area contributed by atoms with Crippen molar-refractivity contribution in [3.63, 3.8) is 0 Å². The lowest BCUT2D eigenvalue weighted by atomic mass is 10.0. The first-order valence-electron chi connectivity index (χ1n) is 6.10. The fraction of sp³-hybridized carbons (Fsp3) is 0.769. The van der Waals surface area contributed by atoms with E-state index in [2.05, 4.69) is 13.0 Å². The van der Waals surface area contributed by atoms with Crippen LogP contribution in [-0.4, -0.2) is 11.1 Å². The van der Waals surface area contributed by atoms with E-state index in [1.54, 1.807) is 0 Å². The second-order valence-electron chi connectivity index (χ2n) is 4.00. The molecule has 0 heterocycles. The number of carboxylic acid groups (broad SMARTS) is 1. The van der Waals surface area contributed by atoms with E-state index >= 15 is 0 Å². The molecule has 2 nitrogen and oxygen atoms in total. The van der Waals surface area contributed by atoms with E-state index in [1.165, 1.54) is 25.7 Å². The van der Waals surface area contributed by atoms with Crippen LogP contribution < -0.4 is 0 Å². The third-order valence-electron chi connectivity index (χ3n) is 2.65. The second-order valence-corrected chi connectivity index (χ2v) is 4.00. The zero-order chi connectivity index (χ0) is 11.5. The van der Waals surface area contributed by atoms with Gasteiger partial charge >= 0.3 is 5.97 Å². The van der Waals surface area contributed by atoms with Crippen LogP contribution in [0.5, 0.6) is 0 Å². The highest BCUT2D eigenvalue weighted by Gasteiger charge is 2.11. The Labute approximate surface area is 93.4 Å². The predicted octanol–water partition coefficient (Wildman–Crippen LogP) is 4.01. The highest BCUT2D eigenvalue weighted by molar-refractivity contribution is 5.70. The Morgan fingerprint density at radius 2 is 1.93 bits per heavy atom. The minimum absolute atomic E-state index is 0.197. The van der Waals surface area contributed by atoms with E-state index in [1.807, 2.05) is 13.0 Å². The molecule has 0 aliphatic carbocycles. The highest BCUT2D eigenvalue weighted by Crippen LogP contribution is 2.10. The lowest BCUT2D eigenvalue weighted by Crippen LogP contribution is -2.11. The maximum absolute atomic E-state index is 10.7. The molecule has 0 bridgehead atoms. The summed E-state index contributed by atoms with van der Waals surface area (Å²) >= 11 is 0. The average molecular weight is 212 g/mol. The number of carboxylic acids is 1. The fourth-order valence-corrected chi connectivity index (χ4v) is 1.51. The number of rotatable bonds is 9. The van der Waals surface area contributed by atoms with Crippen LogP contribution >= 0.6 is 0 Å². The van der Waals surface area contributed by atoms with Crippen LogP contribution in [-0.2, 0) is 4.79 Å². The van der Waals surface area contributed by atoms with E-state index in [4.69, 9.17) is 5.11 Å². The van der Waals surface area contributed by atoms with Gasteiger partial charge in [-0.25, -0.2) is 0 Å². The lowest BCUT2D eigenvalue weighted by molar-refractivity contribution is -0.141. The Bertz CT molecular complexity index is 185. The standard InChI is InChI=1S/C13H24O2/c1-3-5-6-7-8-9-10-11-12(4-2)13(14)15/h9-10,12H,3-8,11H2,1-2H3,(H,14,15). The van der Waals surface area contributed by atoms with Gasteiger partial charge in [0, 0.05) is 0 Å². The van der Waals surface area contributed by atoms with Crippen molar-refractivity contribution in [1.29, 1.82) is 0 Å². The molecule has 2 heteroatoms. The minimum Gasteiger partial charge on any atom is -0.481 e. The summed E-state index contributed by atoms with van der Waals surface area (Å²) in [7, 11) is 0. The molecule has 0 spiro atoms. The minimum atomic E-state index is -0.673. The van der Waals surface area contributed by atoms with Gasteiger partial charge in [-0.3, -0.25) is 4.79 Å². The third kappa shape index (κ3) is 8.22. The summed E-state index contributed by atoms with van der Waals surface area (Å²) in [6, 6.07) is 0. The van der Waals surface area contributed by atoms with E-state index in [0.717, 1.165) is 12.8 Å². The molecular formula is C13H24O2. The van der Waals surface area contributed by atoms with Gasteiger partial charge in [0.2, 0.25) is 0 Å². The number of aliphatic carboxylic acids is 1. The molecule has 88 valence electrons. The van der Waals surface area contributed by atoms with Gasteiger partial charge in [0.15, 0.2) is 0 Å². The quantitative estimate of drug-likeness (QED) is 0.463. The van der Waals surface area contributed by atoms with Crippen LogP contribution in [0.25, 0.3) is 0 Å². The highest BCUT2D eigenvalue weighted by atomic mass is 16.4. The third-order valence-corrected chi connectivity index (χ3v) is 2.65. The van der Waals surface area contributed by atoms with Crippen molar-refractivity contribution in [3.05, 3.63) is 12.2 Å². The van der Waals surface area contributed by atoms with Crippen LogP contribution in [0.2, 0.25) is 0 Å². The van der Waals surface area contributed by atoms with E-state index in [9.17, 15) is 4.79 Å². The number of unbranched alkanes of at least 4 members (excludes halogenated alkanes) is 4. The molecule has 0 radical (unpaired) electrons. The molecule has 0 amide bonds. The van der Waals surface area contributed by atoms with Crippen molar-refractivity contribution in [1.82, 2.24) is 0 Å². The van der Waals surface area contributed by atoms with E-state index < -0.39 is 5.97 Å². The Kier molecular flexibility index (Phi) is 9.24. The zero-order valence-corrected chi connectivity index (χ0v) is 10.0. The SMILES string of the molecule is CCCCCCC=CCC(CC)C(=O)O. The molecule has 1 unspecified atom stereocenters. The second kappa shape index (κ2) is 9.75. The number of hydrogen-bond acceptors (Lipinski definition) is 1. The van der Waals surface area contributed by atoms with Crippen LogP contribution in [0.15, 0.2) is 12.2 Å². The summed E-state index contributed by atoms with van der Waals surface area (Å²) in [5.74, 6) is -0.870. The number of hydrogen-bond donors (Lipinski definition) is 1. The smallest absolute Gasteiger partial charge is 0.306 e. The molecule has 0 saturated heterocycles. The fourth-order valence-electron chi connectivity index (χ4n) is 1.51.